The van der Waals surface area contributed by atoms with Crippen LogP contribution in [0.15, 0.2) is 0 Å². The van der Waals surface area contributed by atoms with E-state index >= 15 is 0 Å². The van der Waals surface area contributed by atoms with E-state index in [0.29, 0.717) is 13.2 Å². The van der Waals surface area contributed by atoms with E-state index in [9.17, 15) is 4.79 Å². The van der Waals surface area contributed by atoms with Crippen LogP contribution in [0.1, 0.15) is 20.3 Å². The van der Waals surface area contributed by atoms with E-state index in [1.165, 1.54) is 0 Å². The minimum absolute atomic E-state index is 0.0109. The SMILES string of the molecule is CC1(C)OCC[C@@H](C=O)CO1. The second-order valence-electron chi connectivity index (χ2n) is 3.24. The summed E-state index contributed by atoms with van der Waals surface area (Å²) in [7, 11) is 0. The number of carbonyl (C=O) groups is 1. The zero-order valence-corrected chi connectivity index (χ0v) is 7.00. The molecule has 1 saturated heterocycles. The van der Waals surface area contributed by atoms with Crippen LogP contribution in [0.5, 0.6) is 0 Å². The number of hydrogen-bond donors (Lipinski definition) is 0. The molecule has 11 heavy (non-hydrogen) atoms. The van der Waals surface area contributed by atoms with Crippen LogP contribution >= 0.6 is 0 Å². The van der Waals surface area contributed by atoms with Crippen molar-refractivity contribution >= 4 is 6.29 Å². The predicted octanol–water partition coefficient (Wildman–Crippen LogP) is 0.975. The molecule has 0 aromatic rings. The fourth-order valence-corrected chi connectivity index (χ4v) is 0.996. The molecule has 0 saturated carbocycles. The molecule has 0 radical (unpaired) electrons. The maximum atomic E-state index is 10.4. The molecule has 3 nitrogen and oxygen atoms in total. The molecule has 0 aromatic carbocycles. The zero-order valence-electron chi connectivity index (χ0n) is 7.00. The van der Waals surface area contributed by atoms with E-state index in [1.807, 2.05) is 13.8 Å². The molecule has 1 heterocycles. The highest BCUT2D eigenvalue weighted by Gasteiger charge is 2.24. The van der Waals surface area contributed by atoms with Gasteiger partial charge in [0.1, 0.15) is 6.29 Å². The maximum absolute atomic E-state index is 10.4. The van der Waals surface area contributed by atoms with Crippen molar-refractivity contribution in [2.45, 2.75) is 26.1 Å². The number of hydrogen-bond acceptors (Lipinski definition) is 3. The lowest BCUT2D eigenvalue weighted by Crippen LogP contribution is -2.27. The summed E-state index contributed by atoms with van der Waals surface area (Å²) in [5, 5.41) is 0. The van der Waals surface area contributed by atoms with Gasteiger partial charge in [0.2, 0.25) is 0 Å². The third-order valence-electron chi connectivity index (χ3n) is 1.78. The van der Waals surface area contributed by atoms with Crippen molar-refractivity contribution in [2.24, 2.45) is 5.92 Å². The molecule has 3 heteroatoms. The van der Waals surface area contributed by atoms with Gasteiger partial charge in [-0.1, -0.05) is 0 Å². The fourth-order valence-electron chi connectivity index (χ4n) is 0.996. The molecule has 0 aliphatic carbocycles. The first-order valence-electron chi connectivity index (χ1n) is 3.87. The van der Waals surface area contributed by atoms with Gasteiger partial charge in [0.05, 0.1) is 13.2 Å². The van der Waals surface area contributed by atoms with Gasteiger partial charge in [-0.3, -0.25) is 0 Å². The van der Waals surface area contributed by atoms with Crippen molar-refractivity contribution in [3.8, 4) is 0 Å². The molecule has 1 fully saturated rings. The molecule has 1 rings (SSSR count). The molecular formula is C8H14O3. The highest BCUT2D eigenvalue weighted by molar-refractivity contribution is 5.53. The van der Waals surface area contributed by atoms with Gasteiger partial charge in [0.25, 0.3) is 0 Å². The van der Waals surface area contributed by atoms with Crippen LogP contribution in [0.4, 0.5) is 0 Å². The first-order chi connectivity index (χ1) is 5.14. The van der Waals surface area contributed by atoms with Gasteiger partial charge >= 0.3 is 0 Å². The smallest absolute Gasteiger partial charge is 0.162 e. The minimum Gasteiger partial charge on any atom is -0.351 e. The second kappa shape index (κ2) is 3.32. The van der Waals surface area contributed by atoms with Crippen LogP contribution < -0.4 is 0 Å². The van der Waals surface area contributed by atoms with Crippen LogP contribution in [0.3, 0.4) is 0 Å². The van der Waals surface area contributed by atoms with E-state index in [-0.39, 0.29) is 5.92 Å². The van der Waals surface area contributed by atoms with Crippen LogP contribution in [-0.4, -0.2) is 25.3 Å². The third-order valence-corrected chi connectivity index (χ3v) is 1.78. The molecule has 0 amide bonds. The summed E-state index contributed by atoms with van der Waals surface area (Å²) in [4.78, 5) is 10.4. The van der Waals surface area contributed by atoms with E-state index in [1.54, 1.807) is 0 Å². The Balaban J connectivity index is 2.45. The molecule has 0 unspecified atom stereocenters. The topological polar surface area (TPSA) is 35.5 Å². The molecule has 0 bridgehead atoms. The largest absolute Gasteiger partial charge is 0.351 e. The van der Waals surface area contributed by atoms with Crippen molar-refractivity contribution in [3.63, 3.8) is 0 Å². The van der Waals surface area contributed by atoms with Crippen molar-refractivity contribution < 1.29 is 14.3 Å². The predicted molar refractivity (Wildman–Crippen MR) is 40.2 cm³/mol. The van der Waals surface area contributed by atoms with Gasteiger partial charge in [-0.25, -0.2) is 0 Å². The summed E-state index contributed by atoms with van der Waals surface area (Å²) in [6.45, 7) is 4.81. The summed E-state index contributed by atoms with van der Waals surface area (Å²) < 4.78 is 10.7. The number of rotatable bonds is 1. The van der Waals surface area contributed by atoms with Crippen LogP contribution in [-0.2, 0) is 14.3 Å². The average molecular weight is 158 g/mol. The summed E-state index contributed by atoms with van der Waals surface area (Å²) >= 11 is 0. The first kappa shape index (κ1) is 8.68. The first-order valence-corrected chi connectivity index (χ1v) is 3.87. The molecule has 0 N–H and O–H groups in total. The summed E-state index contributed by atoms with van der Waals surface area (Å²) in [6, 6.07) is 0. The van der Waals surface area contributed by atoms with E-state index in [4.69, 9.17) is 9.47 Å². The molecule has 1 aliphatic heterocycles. The quantitative estimate of drug-likeness (QED) is 0.533. The van der Waals surface area contributed by atoms with Gasteiger partial charge in [0.15, 0.2) is 5.79 Å². The Bertz CT molecular complexity index is 142. The lowest BCUT2D eigenvalue weighted by atomic mass is 10.1. The summed E-state index contributed by atoms with van der Waals surface area (Å²) in [6.07, 6.45) is 1.71. The fraction of sp³-hybridized carbons (Fsp3) is 0.875. The van der Waals surface area contributed by atoms with Gasteiger partial charge < -0.3 is 14.3 Å². The number of carbonyl (C=O) groups excluding carboxylic acids is 1. The van der Waals surface area contributed by atoms with Crippen molar-refractivity contribution in [1.82, 2.24) is 0 Å². The minimum atomic E-state index is -0.516. The Morgan fingerprint density at radius 3 is 2.82 bits per heavy atom. The Morgan fingerprint density at radius 2 is 2.18 bits per heavy atom. The monoisotopic (exact) mass is 158 g/mol. The van der Waals surface area contributed by atoms with Gasteiger partial charge in [-0.15, -0.1) is 0 Å². The summed E-state index contributed by atoms with van der Waals surface area (Å²) in [5.74, 6) is -0.505. The highest BCUT2D eigenvalue weighted by atomic mass is 16.7. The third kappa shape index (κ3) is 2.60. The standard InChI is InChI=1S/C8H14O3/c1-8(2)10-4-3-7(5-9)6-11-8/h5,7H,3-4,6H2,1-2H3/t7-/m0/s1. The number of aldehydes is 1. The lowest BCUT2D eigenvalue weighted by molar-refractivity contribution is -0.201. The molecule has 1 aliphatic rings. The Kier molecular flexibility index (Phi) is 2.62. The highest BCUT2D eigenvalue weighted by Crippen LogP contribution is 2.18. The van der Waals surface area contributed by atoms with E-state index in [2.05, 4.69) is 0 Å². The van der Waals surface area contributed by atoms with Crippen molar-refractivity contribution in [3.05, 3.63) is 0 Å². The molecule has 1 atom stereocenters. The van der Waals surface area contributed by atoms with E-state index in [0.717, 1.165) is 12.7 Å². The van der Waals surface area contributed by atoms with Crippen LogP contribution in [0.25, 0.3) is 0 Å². The van der Waals surface area contributed by atoms with Crippen molar-refractivity contribution in [2.75, 3.05) is 13.2 Å². The van der Waals surface area contributed by atoms with Crippen LogP contribution in [0, 0.1) is 5.92 Å². The second-order valence-corrected chi connectivity index (χ2v) is 3.24. The molecular weight excluding hydrogens is 144 g/mol. The zero-order chi connectivity index (χ0) is 8.32. The Morgan fingerprint density at radius 1 is 1.45 bits per heavy atom. The molecule has 0 spiro atoms. The summed E-state index contributed by atoms with van der Waals surface area (Å²) in [5.41, 5.74) is 0. The van der Waals surface area contributed by atoms with Gasteiger partial charge in [0, 0.05) is 5.92 Å². The Hall–Kier alpha value is -0.410. The average Bonchev–Trinajstić information content (AvgIpc) is 2.10. The lowest BCUT2D eigenvalue weighted by Gasteiger charge is -2.22. The normalized spacial score (nSPS) is 30.9. The molecule has 0 aromatic heterocycles. The molecule has 64 valence electrons. The maximum Gasteiger partial charge on any atom is 0.162 e. The Labute approximate surface area is 66.7 Å². The van der Waals surface area contributed by atoms with Gasteiger partial charge in [-0.2, -0.15) is 0 Å². The van der Waals surface area contributed by atoms with Crippen molar-refractivity contribution in [1.29, 1.82) is 0 Å². The number of ether oxygens (including phenoxy) is 2. The van der Waals surface area contributed by atoms with Gasteiger partial charge in [-0.05, 0) is 20.3 Å². The van der Waals surface area contributed by atoms with Crippen LogP contribution in [0.2, 0.25) is 0 Å². The van der Waals surface area contributed by atoms with E-state index < -0.39 is 5.79 Å².